The fourth-order valence-corrected chi connectivity index (χ4v) is 3.22. The number of piperidine rings is 1. The lowest BCUT2D eigenvalue weighted by atomic mass is 9.97. The van der Waals surface area contributed by atoms with Crippen molar-refractivity contribution in [2.45, 2.75) is 37.8 Å². The molecular formula is C13H18ClN3. The fourth-order valence-electron chi connectivity index (χ4n) is 3.06. The number of anilines is 1. The van der Waals surface area contributed by atoms with Gasteiger partial charge in [0.1, 0.15) is 0 Å². The molecule has 2 aliphatic rings. The number of pyridine rings is 1. The summed E-state index contributed by atoms with van der Waals surface area (Å²) in [4.78, 5) is 6.75. The van der Waals surface area contributed by atoms with Crippen molar-refractivity contribution in [3.05, 3.63) is 23.5 Å². The molecule has 2 saturated heterocycles. The van der Waals surface area contributed by atoms with E-state index in [4.69, 9.17) is 11.6 Å². The fraction of sp³-hybridized carbons (Fsp3) is 0.615. The summed E-state index contributed by atoms with van der Waals surface area (Å²) in [7, 11) is 0. The largest absolute Gasteiger partial charge is 0.380 e. The molecule has 2 atom stereocenters. The Morgan fingerprint density at radius 1 is 1.35 bits per heavy atom. The highest BCUT2D eigenvalue weighted by Gasteiger charge is 2.31. The van der Waals surface area contributed by atoms with Crippen molar-refractivity contribution in [2.75, 3.05) is 18.4 Å². The van der Waals surface area contributed by atoms with Gasteiger partial charge in [-0.3, -0.25) is 4.98 Å². The molecule has 2 fully saturated rings. The van der Waals surface area contributed by atoms with Crippen molar-refractivity contribution < 1.29 is 0 Å². The summed E-state index contributed by atoms with van der Waals surface area (Å²) in [6, 6.07) is 3.18. The quantitative estimate of drug-likeness (QED) is 0.876. The molecule has 0 aliphatic carbocycles. The van der Waals surface area contributed by atoms with E-state index in [2.05, 4.69) is 15.2 Å². The topological polar surface area (TPSA) is 28.2 Å². The van der Waals surface area contributed by atoms with Crippen LogP contribution in [0.15, 0.2) is 18.5 Å². The molecule has 0 saturated carbocycles. The van der Waals surface area contributed by atoms with Gasteiger partial charge in [0.15, 0.2) is 0 Å². The summed E-state index contributed by atoms with van der Waals surface area (Å²) in [5, 5.41) is 4.31. The van der Waals surface area contributed by atoms with E-state index in [1.54, 1.807) is 6.20 Å². The van der Waals surface area contributed by atoms with Crippen LogP contribution in [-0.4, -0.2) is 35.1 Å². The monoisotopic (exact) mass is 251 g/mol. The summed E-state index contributed by atoms with van der Waals surface area (Å²) in [5.74, 6) is 0. The van der Waals surface area contributed by atoms with Gasteiger partial charge in [-0.25, -0.2) is 0 Å². The maximum atomic E-state index is 6.14. The first-order valence-corrected chi connectivity index (χ1v) is 6.81. The first-order valence-electron chi connectivity index (χ1n) is 6.43. The molecule has 3 rings (SSSR count). The van der Waals surface area contributed by atoms with Gasteiger partial charge in [0.25, 0.3) is 0 Å². The van der Waals surface area contributed by atoms with Crippen LogP contribution in [0.3, 0.4) is 0 Å². The first kappa shape index (κ1) is 11.3. The molecule has 4 heteroatoms. The molecule has 2 aliphatic heterocycles. The number of rotatable bonds is 2. The summed E-state index contributed by atoms with van der Waals surface area (Å²) in [6.07, 6.45) is 8.73. The zero-order valence-electron chi connectivity index (χ0n) is 9.90. The lowest BCUT2D eigenvalue weighted by Gasteiger charge is -2.35. The Balaban J connectivity index is 1.64. The number of hydrogen-bond acceptors (Lipinski definition) is 3. The number of nitrogens with zero attached hydrogens (tertiary/aromatic N) is 2. The van der Waals surface area contributed by atoms with Crippen LogP contribution in [0.4, 0.5) is 5.69 Å². The number of hydrogen-bond donors (Lipinski definition) is 1. The standard InChI is InChI=1S/C13H18ClN3/c14-12-3-5-15-9-13(12)16-10-4-7-17-6-1-2-11(17)8-10/h3,5,9-11,16H,1-2,4,6-8H2. The molecule has 2 unspecified atom stereocenters. The van der Waals surface area contributed by atoms with Crippen molar-refractivity contribution in [1.29, 1.82) is 0 Å². The van der Waals surface area contributed by atoms with Crippen molar-refractivity contribution in [3.63, 3.8) is 0 Å². The van der Waals surface area contributed by atoms with Gasteiger partial charge in [-0.05, 0) is 38.3 Å². The lowest BCUT2D eigenvalue weighted by Crippen LogP contribution is -2.42. The minimum absolute atomic E-state index is 0.552. The lowest BCUT2D eigenvalue weighted by molar-refractivity contribution is 0.188. The average Bonchev–Trinajstić information content (AvgIpc) is 2.79. The molecule has 1 aromatic heterocycles. The zero-order valence-corrected chi connectivity index (χ0v) is 10.7. The molecule has 0 amide bonds. The maximum absolute atomic E-state index is 6.14. The van der Waals surface area contributed by atoms with E-state index in [0.29, 0.717) is 6.04 Å². The van der Waals surface area contributed by atoms with Gasteiger partial charge in [0.2, 0.25) is 0 Å². The number of nitrogens with one attached hydrogen (secondary N) is 1. The Morgan fingerprint density at radius 2 is 2.29 bits per heavy atom. The van der Waals surface area contributed by atoms with Gasteiger partial charge in [0, 0.05) is 24.8 Å². The molecule has 0 spiro atoms. The normalized spacial score (nSPS) is 29.0. The SMILES string of the molecule is Clc1ccncc1NC1CCN2CCCC2C1. The van der Waals surface area contributed by atoms with Gasteiger partial charge in [-0.15, -0.1) is 0 Å². The Bertz CT molecular complexity index is 396. The Kier molecular flexibility index (Phi) is 3.21. The highest BCUT2D eigenvalue weighted by atomic mass is 35.5. The van der Waals surface area contributed by atoms with Gasteiger partial charge >= 0.3 is 0 Å². The van der Waals surface area contributed by atoms with E-state index < -0.39 is 0 Å². The van der Waals surface area contributed by atoms with Crippen molar-refractivity contribution in [1.82, 2.24) is 9.88 Å². The second-order valence-electron chi connectivity index (χ2n) is 5.05. The number of halogens is 1. The van der Waals surface area contributed by atoms with Crippen LogP contribution in [-0.2, 0) is 0 Å². The van der Waals surface area contributed by atoms with Crippen LogP contribution in [0.2, 0.25) is 5.02 Å². The van der Waals surface area contributed by atoms with E-state index in [0.717, 1.165) is 16.8 Å². The Hall–Kier alpha value is -0.800. The number of fused-ring (bicyclic) bond motifs is 1. The second kappa shape index (κ2) is 4.83. The molecule has 1 aromatic rings. The molecular weight excluding hydrogens is 234 g/mol. The zero-order chi connectivity index (χ0) is 11.7. The molecule has 1 N–H and O–H groups in total. The number of aromatic nitrogens is 1. The summed E-state index contributed by atoms with van der Waals surface area (Å²) in [6.45, 7) is 2.52. The molecule has 0 bridgehead atoms. The summed E-state index contributed by atoms with van der Waals surface area (Å²) >= 11 is 6.14. The molecule has 0 aromatic carbocycles. The maximum Gasteiger partial charge on any atom is 0.0718 e. The van der Waals surface area contributed by atoms with Crippen LogP contribution >= 0.6 is 11.6 Å². The van der Waals surface area contributed by atoms with Crippen LogP contribution in [0.1, 0.15) is 25.7 Å². The third-order valence-corrected chi connectivity index (χ3v) is 4.28. The minimum Gasteiger partial charge on any atom is -0.380 e. The minimum atomic E-state index is 0.552. The van der Waals surface area contributed by atoms with Crippen molar-refractivity contribution >= 4 is 17.3 Å². The van der Waals surface area contributed by atoms with Crippen molar-refractivity contribution in [2.24, 2.45) is 0 Å². The Labute approximate surface area is 107 Å². The molecule has 0 radical (unpaired) electrons. The van der Waals surface area contributed by atoms with Gasteiger partial charge in [0.05, 0.1) is 16.9 Å². The van der Waals surface area contributed by atoms with Crippen LogP contribution < -0.4 is 5.32 Å². The van der Waals surface area contributed by atoms with E-state index in [9.17, 15) is 0 Å². The van der Waals surface area contributed by atoms with Crippen LogP contribution in [0.5, 0.6) is 0 Å². The Morgan fingerprint density at radius 3 is 3.18 bits per heavy atom. The molecule has 17 heavy (non-hydrogen) atoms. The third-order valence-electron chi connectivity index (χ3n) is 3.95. The molecule has 92 valence electrons. The average molecular weight is 252 g/mol. The van der Waals surface area contributed by atoms with Gasteiger partial charge < -0.3 is 10.2 Å². The summed E-state index contributed by atoms with van der Waals surface area (Å²) < 4.78 is 0. The second-order valence-corrected chi connectivity index (χ2v) is 5.46. The van der Waals surface area contributed by atoms with Crippen molar-refractivity contribution in [3.8, 4) is 0 Å². The van der Waals surface area contributed by atoms with Gasteiger partial charge in [-0.2, -0.15) is 0 Å². The van der Waals surface area contributed by atoms with E-state index >= 15 is 0 Å². The summed E-state index contributed by atoms with van der Waals surface area (Å²) in [5.41, 5.74) is 0.977. The predicted molar refractivity (Wildman–Crippen MR) is 70.5 cm³/mol. The first-order chi connectivity index (χ1) is 8.33. The third kappa shape index (κ3) is 2.40. The molecule has 3 heterocycles. The van der Waals surface area contributed by atoms with E-state index in [1.807, 2.05) is 12.3 Å². The van der Waals surface area contributed by atoms with Gasteiger partial charge in [-0.1, -0.05) is 11.6 Å². The van der Waals surface area contributed by atoms with Crippen LogP contribution in [0.25, 0.3) is 0 Å². The predicted octanol–water partition coefficient (Wildman–Crippen LogP) is 2.77. The van der Waals surface area contributed by atoms with E-state index in [1.165, 1.54) is 38.8 Å². The highest BCUT2D eigenvalue weighted by Crippen LogP contribution is 2.29. The van der Waals surface area contributed by atoms with Crippen LogP contribution in [0, 0.1) is 0 Å². The smallest absolute Gasteiger partial charge is 0.0718 e. The highest BCUT2D eigenvalue weighted by molar-refractivity contribution is 6.33. The van der Waals surface area contributed by atoms with E-state index in [-0.39, 0.29) is 0 Å². The molecule has 3 nitrogen and oxygen atoms in total.